The first-order valence-electron chi connectivity index (χ1n) is 4.97. The van der Waals surface area contributed by atoms with Crippen LogP contribution < -0.4 is 10.5 Å². The Labute approximate surface area is 103 Å². The minimum absolute atomic E-state index is 0.265. The third-order valence-electron chi connectivity index (χ3n) is 2.19. The number of halogens is 2. The van der Waals surface area contributed by atoms with Crippen molar-refractivity contribution in [2.75, 3.05) is 0 Å². The van der Waals surface area contributed by atoms with Crippen LogP contribution >= 0.6 is 11.6 Å². The molecule has 0 atom stereocenters. The van der Waals surface area contributed by atoms with E-state index in [0.717, 1.165) is 5.56 Å². The second-order valence-corrected chi connectivity index (χ2v) is 3.73. The summed E-state index contributed by atoms with van der Waals surface area (Å²) in [6.45, 7) is 0.307. The number of pyridine rings is 1. The molecule has 0 aliphatic rings. The summed E-state index contributed by atoms with van der Waals surface area (Å²) >= 11 is 6.05. The lowest BCUT2D eigenvalue weighted by Crippen LogP contribution is -1.99. The molecule has 1 heterocycles. The molecule has 17 heavy (non-hydrogen) atoms. The van der Waals surface area contributed by atoms with E-state index >= 15 is 0 Å². The fourth-order valence-corrected chi connectivity index (χ4v) is 1.53. The van der Waals surface area contributed by atoms with E-state index in [1.54, 1.807) is 12.3 Å². The van der Waals surface area contributed by atoms with Crippen LogP contribution in [0.4, 0.5) is 4.39 Å². The first-order valence-corrected chi connectivity index (χ1v) is 5.35. The molecule has 2 N–H and O–H groups in total. The van der Waals surface area contributed by atoms with E-state index in [2.05, 4.69) is 4.98 Å². The number of hydrogen-bond acceptors (Lipinski definition) is 3. The van der Waals surface area contributed by atoms with Gasteiger partial charge in [0.15, 0.2) is 0 Å². The molecule has 1 aromatic heterocycles. The Kier molecular flexibility index (Phi) is 3.56. The van der Waals surface area contributed by atoms with Gasteiger partial charge in [0.25, 0.3) is 0 Å². The predicted molar refractivity (Wildman–Crippen MR) is 63.6 cm³/mol. The van der Waals surface area contributed by atoms with Gasteiger partial charge < -0.3 is 10.5 Å². The summed E-state index contributed by atoms with van der Waals surface area (Å²) in [5.74, 6) is 0.406. The van der Waals surface area contributed by atoms with E-state index in [0.29, 0.717) is 17.3 Å². The monoisotopic (exact) mass is 252 g/mol. The van der Waals surface area contributed by atoms with Crippen LogP contribution in [0.25, 0.3) is 0 Å². The molecule has 2 rings (SSSR count). The Morgan fingerprint density at radius 1 is 1.24 bits per heavy atom. The van der Waals surface area contributed by atoms with Gasteiger partial charge in [0.1, 0.15) is 16.6 Å². The molecular formula is C12H10ClFN2O. The Hall–Kier alpha value is -1.65. The zero-order valence-corrected chi connectivity index (χ0v) is 9.62. The van der Waals surface area contributed by atoms with E-state index in [4.69, 9.17) is 22.1 Å². The highest BCUT2D eigenvalue weighted by atomic mass is 35.5. The number of benzene rings is 1. The van der Waals surface area contributed by atoms with Crippen LogP contribution in [0, 0.1) is 5.82 Å². The van der Waals surface area contributed by atoms with Crippen molar-refractivity contribution in [3.8, 4) is 11.6 Å². The van der Waals surface area contributed by atoms with Gasteiger partial charge in [0.05, 0.1) is 0 Å². The lowest BCUT2D eigenvalue weighted by Gasteiger charge is -2.08. The van der Waals surface area contributed by atoms with Gasteiger partial charge in [0, 0.05) is 12.7 Å². The summed E-state index contributed by atoms with van der Waals surface area (Å²) < 4.78 is 18.2. The molecule has 5 heteroatoms. The molecule has 0 saturated carbocycles. The van der Waals surface area contributed by atoms with Gasteiger partial charge in [-0.25, -0.2) is 9.37 Å². The predicted octanol–water partition coefficient (Wildman–Crippen LogP) is 3.13. The molecule has 88 valence electrons. The zero-order valence-electron chi connectivity index (χ0n) is 8.86. The van der Waals surface area contributed by atoms with Gasteiger partial charge in [-0.1, -0.05) is 11.6 Å². The van der Waals surface area contributed by atoms with Crippen LogP contribution in [-0.4, -0.2) is 4.98 Å². The van der Waals surface area contributed by atoms with Crippen molar-refractivity contribution in [3.05, 3.63) is 52.9 Å². The van der Waals surface area contributed by atoms with Gasteiger partial charge in [-0.2, -0.15) is 0 Å². The quantitative estimate of drug-likeness (QED) is 0.913. The largest absolute Gasteiger partial charge is 0.438 e. The van der Waals surface area contributed by atoms with Crippen molar-refractivity contribution < 1.29 is 9.13 Å². The number of hydrogen-bond donors (Lipinski definition) is 1. The maximum absolute atomic E-state index is 12.7. The molecule has 0 radical (unpaired) electrons. The van der Waals surface area contributed by atoms with Crippen LogP contribution in [0.5, 0.6) is 11.6 Å². The molecule has 3 nitrogen and oxygen atoms in total. The number of ether oxygens (including phenoxy) is 1. The highest BCUT2D eigenvalue weighted by Gasteiger charge is 2.08. The first-order chi connectivity index (χ1) is 8.20. The second kappa shape index (κ2) is 5.12. The van der Waals surface area contributed by atoms with Crippen LogP contribution in [0.2, 0.25) is 5.02 Å². The van der Waals surface area contributed by atoms with Crippen LogP contribution in [0.1, 0.15) is 5.56 Å². The Morgan fingerprint density at radius 3 is 2.59 bits per heavy atom. The van der Waals surface area contributed by atoms with E-state index in [1.807, 2.05) is 0 Å². The molecule has 0 unspecified atom stereocenters. The lowest BCUT2D eigenvalue weighted by molar-refractivity contribution is 0.461. The fraction of sp³-hybridized carbons (Fsp3) is 0.0833. The molecule has 0 saturated heterocycles. The molecule has 1 aromatic carbocycles. The average molecular weight is 253 g/mol. The minimum atomic E-state index is -0.327. The highest BCUT2D eigenvalue weighted by molar-refractivity contribution is 6.32. The van der Waals surface area contributed by atoms with Crippen molar-refractivity contribution >= 4 is 11.6 Å². The molecule has 2 aromatic rings. The van der Waals surface area contributed by atoms with Crippen LogP contribution in [-0.2, 0) is 6.54 Å². The van der Waals surface area contributed by atoms with Crippen LogP contribution in [0.15, 0.2) is 36.5 Å². The third kappa shape index (κ3) is 2.72. The van der Waals surface area contributed by atoms with Crippen LogP contribution in [0.3, 0.4) is 0 Å². The summed E-state index contributed by atoms with van der Waals surface area (Å²) in [5.41, 5.74) is 6.26. The maximum atomic E-state index is 12.7. The Morgan fingerprint density at radius 2 is 1.94 bits per heavy atom. The van der Waals surface area contributed by atoms with E-state index in [1.165, 1.54) is 24.3 Å². The zero-order chi connectivity index (χ0) is 12.3. The third-order valence-corrected chi connectivity index (χ3v) is 2.59. The summed E-state index contributed by atoms with van der Waals surface area (Å²) in [6.07, 6.45) is 1.56. The van der Waals surface area contributed by atoms with Crippen molar-refractivity contribution in [2.45, 2.75) is 6.54 Å². The van der Waals surface area contributed by atoms with Crippen molar-refractivity contribution in [2.24, 2.45) is 5.73 Å². The molecule has 0 bridgehead atoms. The van der Waals surface area contributed by atoms with Gasteiger partial charge in [0.2, 0.25) is 5.88 Å². The molecule has 0 aliphatic carbocycles. The molecule has 0 amide bonds. The standard InChI is InChI=1S/C12H10ClFN2O/c13-11-8(7-15)5-6-16-12(11)17-10-3-1-9(14)2-4-10/h1-6H,7,15H2. The Bertz CT molecular complexity index is 516. The summed E-state index contributed by atoms with van der Waals surface area (Å²) in [4.78, 5) is 4.00. The number of rotatable bonds is 3. The number of aromatic nitrogens is 1. The first kappa shape index (κ1) is 11.8. The van der Waals surface area contributed by atoms with Gasteiger partial charge in [-0.15, -0.1) is 0 Å². The highest BCUT2D eigenvalue weighted by Crippen LogP contribution is 2.29. The molecule has 0 fully saturated rings. The molecule has 0 spiro atoms. The van der Waals surface area contributed by atoms with E-state index in [-0.39, 0.29) is 11.7 Å². The normalized spacial score (nSPS) is 10.3. The topological polar surface area (TPSA) is 48.1 Å². The average Bonchev–Trinajstić information content (AvgIpc) is 2.35. The van der Waals surface area contributed by atoms with Crippen molar-refractivity contribution in [1.82, 2.24) is 4.98 Å². The Balaban J connectivity index is 2.27. The summed E-state index contributed by atoms with van der Waals surface area (Å²) in [7, 11) is 0. The second-order valence-electron chi connectivity index (χ2n) is 3.35. The van der Waals surface area contributed by atoms with Crippen molar-refractivity contribution in [1.29, 1.82) is 0 Å². The van der Waals surface area contributed by atoms with Gasteiger partial charge in [-0.05, 0) is 35.9 Å². The maximum Gasteiger partial charge on any atom is 0.238 e. The SMILES string of the molecule is NCc1ccnc(Oc2ccc(F)cc2)c1Cl. The minimum Gasteiger partial charge on any atom is -0.438 e. The van der Waals surface area contributed by atoms with E-state index < -0.39 is 0 Å². The summed E-state index contributed by atoms with van der Waals surface area (Å²) in [6, 6.07) is 7.33. The fourth-order valence-electron chi connectivity index (χ4n) is 1.31. The number of nitrogens with two attached hydrogens (primary N) is 1. The van der Waals surface area contributed by atoms with E-state index in [9.17, 15) is 4.39 Å². The van der Waals surface area contributed by atoms with Gasteiger partial charge in [-0.3, -0.25) is 0 Å². The summed E-state index contributed by atoms with van der Waals surface area (Å²) in [5, 5.41) is 0.374. The van der Waals surface area contributed by atoms with Crippen molar-refractivity contribution in [3.63, 3.8) is 0 Å². The lowest BCUT2D eigenvalue weighted by atomic mass is 10.2. The van der Waals surface area contributed by atoms with Gasteiger partial charge >= 0.3 is 0 Å². The molecule has 0 aliphatic heterocycles. The number of nitrogens with zero attached hydrogens (tertiary/aromatic N) is 1. The molecular weight excluding hydrogens is 243 g/mol. The smallest absolute Gasteiger partial charge is 0.238 e.